The molecule has 5 heteroatoms. The summed E-state index contributed by atoms with van der Waals surface area (Å²) in [6.45, 7) is 8.25. The Kier molecular flexibility index (Phi) is 7.73. The van der Waals surface area contributed by atoms with Crippen molar-refractivity contribution in [3.8, 4) is 0 Å². The molecule has 170 valence electrons. The van der Waals surface area contributed by atoms with Crippen molar-refractivity contribution in [1.29, 1.82) is 0 Å². The van der Waals surface area contributed by atoms with Gasteiger partial charge in [0.2, 0.25) is 0 Å². The van der Waals surface area contributed by atoms with Gasteiger partial charge in [0.25, 0.3) is 5.91 Å². The molecule has 0 unspecified atom stereocenters. The van der Waals surface area contributed by atoms with Crippen molar-refractivity contribution in [1.82, 2.24) is 10.6 Å². The normalized spacial score (nSPS) is 14.2. The number of aryl methyl sites for hydroxylation is 2. The second-order valence-corrected chi connectivity index (χ2v) is 9.12. The van der Waals surface area contributed by atoms with E-state index in [-0.39, 0.29) is 5.91 Å². The molecule has 2 aromatic rings. The molecule has 32 heavy (non-hydrogen) atoms. The molecular formula is C27H34N2O3. The molecule has 0 aromatic heterocycles. The molecule has 0 spiro atoms. The molecule has 0 saturated carbocycles. The van der Waals surface area contributed by atoms with E-state index in [2.05, 4.69) is 54.0 Å². The van der Waals surface area contributed by atoms with E-state index in [1.807, 2.05) is 32.9 Å². The van der Waals surface area contributed by atoms with Crippen molar-refractivity contribution in [2.45, 2.75) is 59.0 Å². The number of hydrogen-bond donors (Lipinski definition) is 2. The zero-order valence-corrected chi connectivity index (χ0v) is 19.6. The maximum atomic E-state index is 12.8. The topological polar surface area (TPSA) is 67.4 Å². The van der Waals surface area contributed by atoms with Gasteiger partial charge in [0.15, 0.2) is 0 Å². The summed E-state index contributed by atoms with van der Waals surface area (Å²) in [6.07, 6.45) is 5.84. The first kappa shape index (κ1) is 23.6. The third-order valence-corrected chi connectivity index (χ3v) is 5.35. The monoisotopic (exact) mass is 434 g/mol. The smallest absolute Gasteiger partial charge is 0.407 e. The quantitative estimate of drug-likeness (QED) is 0.609. The molecule has 2 amide bonds. The predicted molar refractivity (Wildman–Crippen MR) is 129 cm³/mol. The lowest BCUT2D eigenvalue weighted by Crippen LogP contribution is -2.37. The van der Waals surface area contributed by atoms with Gasteiger partial charge in [0, 0.05) is 18.7 Å². The van der Waals surface area contributed by atoms with Crippen molar-refractivity contribution < 1.29 is 14.3 Å². The van der Waals surface area contributed by atoms with Crippen LogP contribution in [-0.4, -0.2) is 30.7 Å². The van der Waals surface area contributed by atoms with Gasteiger partial charge >= 0.3 is 6.09 Å². The fourth-order valence-electron chi connectivity index (χ4n) is 3.87. The van der Waals surface area contributed by atoms with Crippen LogP contribution in [0.3, 0.4) is 0 Å². The highest BCUT2D eigenvalue weighted by atomic mass is 16.6. The maximum absolute atomic E-state index is 12.8. The van der Waals surface area contributed by atoms with Crippen LogP contribution in [0.4, 0.5) is 4.79 Å². The maximum Gasteiger partial charge on any atom is 0.407 e. The molecule has 2 aromatic carbocycles. The van der Waals surface area contributed by atoms with Gasteiger partial charge in [-0.2, -0.15) is 0 Å². The van der Waals surface area contributed by atoms with E-state index >= 15 is 0 Å². The molecule has 0 fully saturated rings. The molecular weight excluding hydrogens is 400 g/mol. The molecule has 0 radical (unpaired) electrons. The molecule has 1 aliphatic carbocycles. The van der Waals surface area contributed by atoms with E-state index in [9.17, 15) is 9.59 Å². The number of unbranched alkanes of at least 4 members (excludes halogenated alkanes) is 1. The highest BCUT2D eigenvalue weighted by Crippen LogP contribution is 2.34. The fraction of sp³-hybridized carbons (Fsp3) is 0.407. The van der Waals surface area contributed by atoms with Gasteiger partial charge in [-0.15, -0.1) is 0 Å². The minimum Gasteiger partial charge on any atom is -0.444 e. The lowest BCUT2D eigenvalue weighted by molar-refractivity contribution is 0.0526. The molecule has 0 atom stereocenters. The molecule has 2 N–H and O–H groups in total. The van der Waals surface area contributed by atoms with Gasteiger partial charge in [-0.3, -0.25) is 4.79 Å². The number of benzene rings is 2. The third-order valence-electron chi connectivity index (χ3n) is 5.35. The number of amides is 2. The summed E-state index contributed by atoms with van der Waals surface area (Å²) >= 11 is 0. The number of carbonyl (C=O) groups excluding carboxylic acids is 2. The van der Waals surface area contributed by atoms with Crippen LogP contribution in [0.15, 0.2) is 48.5 Å². The second-order valence-electron chi connectivity index (χ2n) is 9.12. The first-order valence-electron chi connectivity index (χ1n) is 11.5. The average Bonchev–Trinajstić information content (AvgIpc) is 2.90. The van der Waals surface area contributed by atoms with E-state index in [1.54, 1.807) is 0 Å². The lowest BCUT2D eigenvalue weighted by Gasteiger charge is -2.19. The largest absolute Gasteiger partial charge is 0.444 e. The summed E-state index contributed by atoms with van der Waals surface area (Å²) in [6, 6.07) is 14.5. The van der Waals surface area contributed by atoms with E-state index in [0.29, 0.717) is 18.7 Å². The number of rotatable bonds is 6. The summed E-state index contributed by atoms with van der Waals surface area (Å²) in [5, 5.41) is 5.55. The first-order valence-corrected chi connectivity index (χ1v) is 11.5. The van der Waals surface area contributed by atoms with E-state index in [4.69, 9.17) is 4.74 Å². The van der Waals surface area contributed by atoms with Crippen LogP contribution >= 0.6 is 0 Å². The number of nitrogens with one attached hydrogen (secondary N) is 2. The van der Waals surface area contributed by atoms with Crippen molar-refractivity contribution >= 4 is 17.6 Å². The minimum atomic E-state index is -0.545. The Morgan fingerprint density at radius 1 is 0.969 bits per heavy atom. The van der Waals surface area contributed by atoms with Crippen LogP contribution in [0.5, 0.6) is 0 Å². The average molecular weight is 435 g/mol. The SMILES string of the molecule is CCC/C=C1\c2ccccc2CCc2ccc(C(=O)NCCNC(=O)OC(C)(C)C)cc21. The first-order chi connectivity index (χ1) is 15.3. The van der Waals surface area contributed by atoms with Gasteiger partial charge in [0.05, 0.1) is 0 Å². The summed E-state index contributed by atoms with van der Waals surface area (Å²) in [5.41, 5.74) is 6.33. The van der Waals surface area contributed by atoms with Crippen molar-refractivity contribution in [2.75, 3.05) is 13.1 Å². The Morgan fingerprint density at radius 3 is 2.38 bits per heavy atom. The van der Waals surface area contributed by atoms with Crippen molar-refractivity contribution in [2.24, 2.45) is 0 Å². The molecule has 0 aliphatic heterocycles. The van der Waals surface area contributed by atoms with Gasteiger partial charge in [-0.25, -0.2) is 4.79 Å². The Hall–Kier alpha value is -3.08. The number of fused-ring (bicyclic) bond motifs is 2. The standard InChI is InChI=1S/C27H34N2O3/c1-5-6-10-23-22-11-8-7-9-19(22)12-13-20-14-15-21(18-24(20)23)25(30)28-16-17-29-26(31)32-27(2,3)4/h7-11,14-15,18H,5-6,12-13,16-17H2,1-4H3,(H,28,30)(H,29,31)/b23-10+. The van der Waals surface area contributed by atoms with E-state index in [0.717, 1.165) is 31.2 Å². The number of carbonyl (C=O) groups is 2. The lowest BCUT2D eigenvalue weighted by atomic mass is 9.91. The number of allylic oxidation sites excluding steroid dienone is 1. The number of hydrogen-bond acceptors (Lipinski definition) is 3. The van der Waals surface area contributed by atoms with E-state index in [1.165, 1.54) is 22.3 Å². The molecule has 0 saturated heterocycles. The summed E-state index contributed by atoms with van der Waals surface area (Å²) in [4.78, 5) is 24.5. The molecule has 0 heterocycles. The summed E-state index contributed by atoms with van der Waals surface area (Å²) < 4.78 is 5.21. The number of ether oxygens (including phenoxy) is 1. The van der Waals surface area contributed by atoms with E-state index < -0.39 is 11.7 Å². The van der Waals surface area contributed by atoms with Crippen molar-refractivity contribution in [3.05, 3.63) is 76.4 Å². The van der Waals surface area contributed by atoms with Crippen LogP contribution in [0.25, 0.3) is 5.57 Å². The fourth-order valence-corrected chi connectivity index (χ4v) is 3.87. The van der Waals surface area contributed by atoms with Gasteiger partial charge in [-0.1, -0.05) is 49.8 Å². The summed E-state index contributed by atoms with van der Waals surface area (Å²) in [7, 11) is 0. The van der Waals surface area contributed by atoms with Crippen LogP contribution in [0.1, 0.15) is 73.1 Å². The Balaban J connectivity index is 1.72. The zero-order valence-electron chi connectivity index (χ0n) is 19.6. The molecule has 0 bridgehead atoms. The third kappa shape index (κ3) is 6.22. The van der Waals surface area contributed by atoms with Crippen molar-refractivity contribution in [3.63, 3.8) is 0 Å². The van der Waals surface area contributed by atoms with Gasteiger partial charge < -0.3 is 15.4 Å². The van der Waals surface area contributed by atoms with Crippen LogP contribution in [0.2, 0.25) is 0 Å². The highest BCUT2D eigenvalue weighted by molar-refractivity contribution is 5.96. The Morgan fingerprint density at radius 2 is 1.66 bits per heavy atom. The van der Waals surface area contributed by atoms with Crippen LogP contribution < -0.4 is 10.6 Å². The Bertz CT molecular complexity index is 1000. The predicted octanol–water partition coefficient (Wildman–Crippen LogP) is 5.27. The zero-order chi connectivity index (χ0) is 23.1. The van der Waals surface area contributed by atoms with Gasteiger partial charge in [0.1, 0.15) is 5.60 Å². The second kappa shape index (κ2) is 10.5. The van der Waals surface area contributed by atoms with Crippen LogP contribution in [-0.2, 0) is 17.6 Å². The minimum absolute atomic E-state index is 0.147. The molecule has 1 aliphatic rings. The number of alkyl carbamates (subject to hydrolysis) is 1. The Labute approximate surface area is 191 Å². The summed E-state index contributed by atoms with van der Waals surface area (Å²) in [5.74, 6) is -0.147. The highest BCUT2D eigenvalue weighted by Gasteiger charge is 2.20. The van der Waals surface area contributed by atoms with Crippen LogP contribution in [0, 0.1) is 0 Å². The molecule has 3 rings (SSSR count). The molecule has 5 nitrogen and oxygen atoms in total. The van der Waals surface area contributed by atoms with Gasteiger partial charge in [-0.05, 0) is 80.0 Å².